The minimum Gasteiger partial charge on any atom is -0.496 e. The number of benzene rings is 1. The number of para-hydroxylation sites is 1. The first-order chi connectivity index (χ1) is 16.0. The molecule has 3 heterocycles. The first-order valence-electron chi connectivity index (χ1n) is 12.1. The number of nitrogens with zero attached hydrogens (tertiary/aromatic N) is 4. The number of hydrogen-bond donors (Lipinski definition) is 0. The van der Waals surface area contributed by atoms with Crippen LogP contribution in [0.25, 0.3) is 0 Å². The molecule has 7 heteroatoms. The summed E-state index contributed by atoms with van der Waals surface area (Å²) in [6, 6.07) is 5.46. The van der Waals surface area contributed by atoms with Crippen LogP contribution in [0.5, 0.6) is 5.75 Å². The van der Waals surface area contributed by atoms with Gasteiger partial charge in [-0.15, -0.1) is 0 Å². The van der Waals surface area contributed by atoms with Crippen LogP contribution in [-0.2, 0) is 11.2 Å². The summed E-state index contributed by atoms with van der Waals surface area (Å²) >= 11 is 0. The standard InChI is InChI=1S/C26H32N4O3/c1-16-7-6-8-20(23(16)33-3)26(32)29-14-5-4-9-21(29)24-27-17(2)19-12-13-22(31)30(25(19)28-24)15-18-10-11-18/h6-8,18,21H,4-5,9-15H2,1-3H3/t21-/m1/s1. The average molecular weight is 449 g/mol. The van der Waals surface area contributed by atoms with Crippen molar-refractivity contribution < 1.29 is 14.3 Å². The monoisotopic (exact) mass is 448 g/mol. The van der Waals surface area contributed by atoms with Gasteiger partial charge in [0.05, 0.1) is 18.7 Å². The topological polar surface area (TPSA) is 75.6 Å². The minimum atomic E-state index is -0.208. The van der Waals surface area contributed by atoms with Gasteiger partial charge in [0.25, 0.3) is 5.91 Å². The van der Waals surface area contributed by atoms with Crippen molar-refractivity contribution in [3.63, 3.8) is 0 Å². The van der Waals surface area contributed by atoms with E-state index in [1.165, 1.54) is 12.8 Å². The molecule has 1 aromatic carbocycles. The van der Waals surface area contributed by atoms with Crippen LogP contribution in [0.4, 0.5) is 5.82 Å². The molecular weight excluding hydrogens is 416 g/mol. The van der Waals surface area contributed by atoms with Crippen molar-refractivity contribution in [2.45, 2.75) is 64.8 Å². The number of anilines is 1. The maximum absolute atomic E-state index is 13.7. The first kappa shape index (κ1) is 21.9. The molecule has 33 heavy (non-hydrogen) atoms. The van der Waals surface area contributed by atoms with E-state index in [2.05, 4.69) is 0 Å². The Morgan fingerprint density at radius 3 is 2.70 bits per heavy atom. The zero-order chi connectivity index (χ0) is 23.1. The zero-order valence-electron chi connectivity index (χ0n) is 19.8. The SMILES string of the molecule is COc1c(C)cccc1C(=O)N1CCCC[C@@H]1c1nc(C)c2c(n1)N(CC1CC1)C(=O)CC2. The van der Waals surface area contributed by atoms with Crippen molar-refractivity contribution in [1.82, 2.24) is 14.9 Å². The third-order valence-corrected chi connectivity index (χ3v) is 7.20. The zero-order valence-corrected chi connectivity index (χ0v) is 19.8. The number of ether oxygens (including phenoxy) is 1. The van der Waals surface area contributed by atoms with E-state index in [4.69, 9.17) is 14.7 Å². The third-order valence-electron chi connectivity index (χ3n) is 7.20. The van der Waals surface area contributed by atoms with E-state index < -0.39 is 0 Å². The number of rotatable bonds is 5. The van der Waals surface area contributed by atoms with E-state index in [0.717, 1.165) is 48.4 Å². The van der Waals surface area contributed by atoms with Gasteiger partial charge in [0.1, 0.15) is 11.6 Å². The molecule has 1 saturated carbocycles. The minimum absolute atomic E-state index is 0.0508. The van der Waals surface area contributed by atoms with Gasteiger partial charge in [0.15, 0.2) is 5.82 Å². The molecule has 1 atom stereocenters. The van der Waals surface area contributed by atoms with Crippen molar-refractivity contribution in [2.24, 2.45) is 5.92 Å². The highest BCUT2D eigenvalue weighted by Crippen LogP contribution is 2.38. The molecule has 0 spiro atoms. The number of aryl methyl sites for hydroxylation is 2. The van der Waals surface area contributed by atoms with Gasteiger partial charge in [-0.25, -0.2) is 9.97 Å². The number of aromatic nitrogens is 2. The molecule has 0 bridgehead atoms. The molecule has 0 unspecified atom stereocenters. The molecule has 0 radical (unpaired) electrons. The summed E-state index contributed by atoms with van der Waals surface area (Å²) in [7, 11) is 1.61. The second-order valence-electron chi connectivity index (χ2n) is 9.58. The van der Waals surface area contributed by atoms with E-state index in [-0.39, 0.29) is 17.9 Å². The van der Waals surface area contributed by atoms with E-state index in [1.807, 2.05) is 41.8 Å². The first-order valence-corrected chi connectivity index (χ1v) is 12.1. The maximum atomic E-state index is 13.7. The van der Waals surface area contributed by atoms with Crippen LogP contribution in [-0.4, -0.2) is 46.9 Å². The molecule has 2 aliphatic heterocycles. The van der Waals surface area contributed by atoms with Crippen LogP contribution < -0.4 is 9.64 Å². The quantitative estimate of drug-likeness (QED) is 0.687. The Balaban J connectivity index is 1.52. The van der Waals surface area contributed by atoms with Gasteiger partial charge in [0, 0.05) is 30.8 Å². The third kappa shape index (κ3) is 4.09. The predicted octanol–water partition coefficient (Wildman–Crippen LogP) is 4.16. The fourth-order valence-corrected chi connectivity index (χ4v) is 5.19. The predicted molar refractivity (Wildman–Crippen MR) is 126 cm³/mol. The molecule has 174 valence electrons. The normalized spacial score (nSPS) is 20.6. The molecule has 7 nitrogen and oxygen atoms in total. The van der Waals surface area contributed by atoms with E-state index in [0.29, 0.717) is 42.4 Å². The summed E-state index contributed by atoms with van der Waals surface area (Å²) in [5, 5.41) is 0. The number of carbonyl (C=O) groups excluding carboxylic acids is 2. The fourth-order valence-electron chi connectivity index (χ4n) is 5.19. The lowest BCUT2D eigenvalue weighted by atomic mass is 9.98. The lowest BCUT2D eigenvalue weighted by molar-refractivity contribution is -0.119. The van der Waals surface area contributed by atoms with Gasteiger partial charge < -0.3 is 9.64 Å². The molecule has 1 saturated heterocycles. The highest BCUT2D eigenvalue weighted by molar-refractivity contribution is 5.98. The van der Waals surface area contributed by atoms with Crippen LogP contribution in [0, 0.1) is 19.8 Å². The summed E-state index contributed by atoms with van der Waals surface area (Å²) in [6.45, 7) is 5.36. The molecule has 2 amide bonds. The largest absolute Gasteiger partial charge is 0.496 e. The Bertz CT molecular complexity index is 1100. The van der Waals surface area contributed by atoms with Crippen LogP contribution in [0.1, 0.15) is 77.6 Å². The Kier molecular flexibility index (Phi) is 5.81. The summed E-state index contributed by atoms with van der Waals surface area (Å²) in [6.07, 6.45) is 6.35. The second kappa shape index (κ2) is 8.76. The van der Waals surface area contributed by atoms with Crippen LogP contribution >= 0.6 is 0 Å². The molecule has 2 fully saturated rings. The number of methoxy groups -OCH3 is 1. The van der Waals surface area contributed by atoms with Gasteiger partial charge in [-0.2, -0.15) is 0 Å². The van der Waals surface area contributed by atoms with Gasteiger partial charge >= 0.3 is 0 Å². The maximum Gasteiger partial charge on any atom is 0.258 e. The molecule has 0 N–H and O–H groups in total. The van der Waals surface area contributed by atoms with Gasteiger partial charge in [-0.05, 0) is 69.9 Å². The fraction of sp³-hybridized carbons (Fsp3) is 0.538. The van der Waals surface area contributed by atoms with E-state index in [9.17, 15) is 9.59 Å². The Morgan fingerprint density at radius 2 is 1.94 bits per heavy atom. The molecule has 3 aliphatic rings. The summed E-state index contributed by atoms with van der Waals surface area (Å²) in [5.41, 5.74) is 3.51. The number of fused-ring (bicyclic) bond motifs is 1. The highest BCUT2D eigenvalue weighted by atomic mass is 16.5. The lowest BCUT2D eigenvalue weighted by Crippen LogP contribution is -2.41. The molecule has 5 rings (SSSR count). The van der Waals surface area contributed by atoms with E-state index >= 15 is 0 Å². The molecule has 1 aliphatic carbocycles. The number of amides is 2. The molecule has 1 aromatic heterocycles. The van der Waals surface area contributed by atoms with Gasteiger partial charge in [-0.1, -0.05) is 12.1 Å². The summed E-state index contributed by atoms with van der Waals surface area (Å²) in [4.78, 5) is 40.1. The van der Waals surface area contributed by atoms with Crippen molar-refractivity contribution in [1.29, 1.82) is 0 Å². The molecular formula is C26H32N4O3. The van der Waals surface area contributed by atoms with Gasteiger partial charge in [-0.3, -0.25) is 14.5 Å². The van der Waals surface area contributed by atoms with Crippen molar-refractivity contribution >= 4 is 17.6 Å². The average Bonchev–Trinajstić information content (AvgIpc) is 3.64. The van der Waals surface area contributed by atoms with Crippen molar-refractivity contribution in [2.75, 3.05) is 25.1 Å². The van der Waals surface area contributed by atoms with Crippen LogP contribution in [0.15, 0.2) is 18.2 Å². The number of hydrogen-bond acceptors (Lipinski definition) is 5. The summed E-state index contributed by atoms with van der Waals surface area (Å²) < 4.78 is 5.57. The lowest BCUT2D eigenvalue weighted by Gasteiger charge is -2.36. The number of likely N-dealkylation sites (tertiary alicyclic amines) is 1. The van der Waals surface area contributed by atoms with Gasteiger partial charge in [0.2, 0.25) is 5.91 Å². The van der Waals surface area contributed by atoms with Crippen LogP contribution in [0.3, 0.4) is 0 Å². The second-order valence-corrected chi connectivity index (χ2v) is 9.58. The van der Waals surface area contributed by atoms with Crippen molar-refractivity contribution in [3.8, 4) is 5.75 Å². The van der Waals surface area contributed by atoms with Crippen molar-refractivity contribution in [3.05, 3.63) is 46.4 Å². The Hall–Kier alpha value is -2.96. The number of piperidine rings is 1. The highest BCUT2D eigenvalue weighted by Gasteiger charge is 2.36. The Labute approximate surface area is 195 Å². The Morgan fingerprint density at radius 1 is 1.12 bits per heavy atom. The smallest absolute Gasteiger partial charge is 0.258 e. The summed E-state index contributed by atoms with van der Waals surface area (Å²) in [5.74, 6) is 2.73. The molecule has 2 aromatic rings. The van der Waals surface area contributed by atoms with E-state index in [1.54, 1.807) is 7.11 Å². The number of carbonyl (C=O) groups is 2. The van der Waals surface area contributed by atoms with Crippen LogP contribution in [0.2, 0.25) is 0 Å².